The van der Waals surface area contributed by atoms with Crippen molar-refractivity contribution in [2.45, 2.75) is 39.2 Å². The number of para-hydroxylation sites is 1. The molecule has 19 heavy (non-hydrogen) atoms. The molecule has 0 aliphatic carbocycles. The molecule has 1 rings (SSSR count). The predicted molar refractivity (Wildman–Crippen MR) is 79.7 cm³/mol. The molecule has 3 heteroatoms. The van der Waals surface area contributed by atoms with Gasteiger partial charge in [-0.05, 0) is 37.9 Å². The van der Waals surface area contributed by atoms with E-state index in [9.17, 15) is 0 Å². The van der Waals surface area contributed by atoms with Gasteiger partial charge in [-0.3, -0.25) is 0 Å². The van der Waals surface area contributed by atoms with Gasteiger partial charge in [-0.25, -0.2) is 0 Å². The van der Waals surface area contributed by atoms with Crippen molar-refractivity contribution in [3.8, 4) is 5.75 Å². The lowest BCUT2D eigenvalue weighted by molar-refractivity contribution is 0.104. The summed E-state index contributed by atoms with van der Waals surface area (Å²) in [6.07, 6.45) is 3.18. The van der Waals surface area contributed by atoms with E-state index in [2.05, 4.69) is 19.2 Å². The van der Waals surface area contributed by atoms with Crippen LogP contribution in [0.25, 0.3) is 0 Å². The number of hydrogen-bond acceptors (Lipinski definition) is 3. The van der Waals surface area contributed by atoms with Crippen LogP contribution in [0.15, 0.2) is 30.3 Å². The van der Waals surface area contributed by atoms with Crippen LogP contribution in [-0.2, 0) is 4.74 Å². The van der Waals surface area contributed by atoms with Gasteiger partial charge in [0.25, 0.3) is 0 Å². The number of nitrogens with one attached hydrogen (secondary N) is 1. The van der Waals surface area contributed by atoms with E-state index in [0.29, 0.717) is 6.04 Å². The fraction of sp³-hybridized carbons (Fsp3) is 0.625. The highest BCUT2D eigenvalue weighted by Gasteiger charge is 2.08. The molecule has 0 aliphatic heterocycles. The van der Waals surface area contributed by atoms with E-state index in [-0.39, 0.29) is 0 Å². The van der Waals surface area contributed by atoms with Crippen LogP contribution in [-0.4, -0.2) is 32.4 Å². The summed E-state index contributed by atoms with van der Waals surface area (Å²) in [5.74, 6) is 0.936. The Morgan fingerprint density at radius 3 is 2.53 bits per heavy atom. The summed E-state index contributed by atoms with van der Waals surface area (Å²) in [4.78, 5) is 0. The average molecular weight is 265 g/mol. The highest BCUT2D eigenvalue weighted by molar-refractivity contribution is 5.20. The van der Waals surface area contributed by atoms with Gasteiger partial charge in [0, 0.05) is 12.6 Å². The van der Waals surface area contributed by atoms with Gasteiger partial charge in [-0.2, -0.15) is 0 Å². The Hall–Kier alpha value is -1.06. The molecule has 1 unspecified atom stereocenters. The fourth-order valence-electron chi connectivity index (χ4n) is 1.80. The monoisotopic (exact) mass is 265 g/mol. The van der Waals surface area contributed by atoms with E-state index in [1.165, 1.54) is 0 Å². The maximum absolute atomic E-state index is 5.73. The maximum atomic E-state index is 5.73. The minimum Gasteiger partial charge on any atom is -0.494 e. The third-order valence-electron chi connectivity index (χ3n) is 2.83. The second kappa shape index (κ2) is 10.8. The number of benzene rings is 1. The Morgan fingerprint density at radius 2 is 1.84 bits per heavy atom. The van der Waals surface area contributed by atoms with Gasteiger partial charge in [0.05, 0.1) is 13.2 Å². The summed E-state index contributed by atoms with van der Waals surface area (Å²) in [7, 11) is 0. The Kier molecular flexibility index (Phi) is 9.11. The van der Waals surface area contributed by atoms with Gasteiger partial charge < -0.3 is 14.8 Å². The first-order chi connectivity index (χ1) is 9.36. The minimum absolute atomic E-state index is 0.384. The normalized spacial score (nSPS) is 12.3. The minimum atomic E-state index is 0.384. The van der Waals surface area contributed by atoms with Crippen molar-refractivity contribution in [2.24, 2.45) is 0 Å². The Bertz CT molecular complexity index is 303. The maximum Gasteiger partial charge on any atom is 0.119 e. The van der Waals surface area contributed by atoms with E-state index in [1.54, 1.807) is 0 Å². The largest absolute Gasteiger partial charge is 0.494 e. The second-order valence-corrected chi connectivity index (χ2v) is 4.68. The van der Waals surface area contributed by atoms with Gasteiger partial charge in [0.1, 0.15) is 5.75 Å². The molecular formula is C16H27NO2. The summed E-state index contributed by atoms with van der Waals surface area (Å²) < 4.78 is 11.4. The van der Waals surface area contributed by atoms with Crippen LogP contribution >= 0.6 is 0 Å². The molecule has 108 valence electrons. The summed E-state index contributed by atoms with van der Waals surface area (Å²) in [6.45, 7) is 7.67. The van der Waals surface area contributed by atoms with Crippen molar-refractivity contribution in [3.63, 3.8) is 0 Å². The van der Waals surface area contributed by atoms with Crippen LogP contribution in [0.4, 0.5) is 0 Å². The highest BCUT2D eigenvalue weighted by Crippen LogP contribution is 2.09. The summed E-state index contributed by atoms with van der Waals surface area (Å²) >= 11 is 0. The topological polar surface area (TPSA) is 30.5 Å². The molecule has 0 saturated carbocycles. The molecule has 1 N–H and O–H groups in total. The first-order valence-corrected chi connectivity index (χ1v) is 7.35. The van der Waals surface area contributed by atoms with E-state index in [0.717, 1.165) is 51.4 Å². The van der Waals surface area contributed by atoms with Crippen LogP contribution in [0.2, 0.25) is 0 Å². The number of ether oxygens (including phenoxy) is 2. The Labute approximate surface area is 117 Å². The molecule has 0 spiro atoms. The molecule has 3 nitrogen and oxygen atoms in total. The Balaban J connectivity index is 2.22. The van der Waals surface area contributed by atoms with Crippen molar-refractivity contribution in [1.29, 1.82) is 0 Å². The molecule has 0 radical (unpaired) electrons. The van der Waals surface area contributed by atoms with Crippen LogP contribution in [0, 0.1) is 0 Å². The standard InChI is InChI=1S/C16H27NO2/c1-3-11-17-15(14-18-12-4-2)10-13-19-16-8-6-5-7-9-16/h5-9,15,17H,3-4,10-14H2,1-2H3. The fourth-order valence-corrected chi connectivity index (χ4v) is 1.80. The molecule has 0 heterocycles. The van der Waals surface area contributed by atoms with Crippen LogP contribution in [0.5, 0.6) is 5.75 Å². The molecule has 0 amide bonds. The molecular weight excluding hydrogens is 238 g/mol. The van der Waals surface area contributed by atoms with Crippen molar-refractivity contribution in [1.82, 2.24) is 5.32 Å². The zero-order valence-electron chi connectivity index (χ0n) is 12.2. The van der Waals surface area contributed by atoms with Gasteiger partial charge in [0.2, 0.25) is 0 Å². The SMILES string of the molecule is CCCNC(CCOc1ccccc1)COCCC. The molecule has 0 saturated heterocycles. The van der Waals surface area contributed by atoms with E-state index in [4.69, 9.17) is 9.47 Å². The summed E-state index contributed by atoms with van der Waals surface area (Å²) in [6, 6.07) is 10.3. The van der Waals surface area contributed by atoms with Gasteiger partial charge in [0.15, 0.2) is 0 Å². The molecule has 0 aromatic heterocycles. The van der Waals surface area contributed by atoms with Gasteiger partial charge in [-0.1, -0.05) is 32.0 Å². The van der Waals surface area contributed by atoms with Gasteiger partial charge in [-0.15, -0.1) is 0 Å². The van der Waals surface area contributed by atoms with E-state index >= 15 is 0 Å². The summed E-state index contributed by atoms with van der Waals surface area (Å²) in [5.41, 5.74) is 0. The smallest absolute Gasteiger partial charge is 0.119 e. The molecule has 0 bridgehead atoms. The number of rotatable bonds is 11. The molecule has 1 aromatic carbocycles. The first kappa shape index (κ1) is 16.0. The lowest BCUT2D eigenvalue weighted by Crippen LogP contribution is -2.35. The third kappa shape index (κ3) is 7.85. The first-order valence-electron chi connectivity index (χ1n) is 7.35. The zero-order valence-corrected chi connectivity index (χ0v) is 12.2. The van der Waals surface area contributed by atoms with Crippen molar-refractivity contribution in [3.05, 3.63) is 30.3 Å². The molecule has 0 fully saturated rings. The van der Waals surface area contributed by atoms with Crippen molar-refractivity contribution >= 4 is 0 Å². The molecule has 0 aliphatic rings. The predicted octanol–water partition coefficient (Wildman–Crippen LogP) is 3.25. The van der Waals surface area contributed by atoms with Crippen LogP contribution < -0.4 is 10.1 Å². The Morgan fingerprint density at radius 1 is 1.05 bits per heavy atom. The summed E-state index contributed by atoms with van der Waals surface area (Å²) in [5, 5.41) is 3.51. The lowest BCUT2D eigenvalue weighted by atomic mass is 10.2. The van der Waals surface area contributed by atoms with Crippen LogP contribution in [0.3, 0.4) is 0 Å². The quantitative estimate of drug-likeness (QED) is 0.623. The van der Waals surface area contributed by atoms with Crippen molar-refractivity contribution in [2.75, 3.05) is 26.4 Å². The number of hydrogen-bond donors (Lipinski definition) is 1. The highest BCUT2D eigenvalue weighted by atomic mass is 16.5. The third-order valence-corrected chi connectivity index (χ3v) is 2.83. The lowest BCUT2D eigenvalue weighted by Gasteiger charge is -2.18. The van der Waals surface area contributed by atoms with E-state index in [1.807, 2.05) is 30.3 Å². The molecule has 1 atom stereocenters. The van der Waals surface area contributed by atoms with Gasteiger partial charge >= 0.3 is 0 Å². The molecule has 1 aromatic rings. The van der Waals surface area contributed by atoms with Crippen molar-refractivity contribution < 1.29 is 9.47 Å². The average Bonchev–Trinajstić information content (AvgIpc) is 2.45. The zero-order chi connectivity index (χ0) is 13.8. The van der Waals surface area contributed by atoms with E-state index < -0.39 is 0 Å². The van der Waals surface area contributed by atoms with Crippen LogP contribution in [0.1, 0.15) is 33.1 Å². The second-order valence-electron chi connectivity index (χ2n) is 4.68.